The fraction of sp³-hybridized carbons (Fsp3) is 0.316. The molecule has 1 aliphatic heterocycles. The first-order chi connectivity index (χ1) is 11.9. The Kier molecular flexibility index (Phi) is 5.20. The predicted octanol–water partition coefficient (Wildman–Crippen LogP) is 4.01. The number of nitrogens with one attached hydrogen (secondary N) is 1. The average Bonchev–Trinajstić information content (AvgIpc) is 2.58. The highest BCUT2D eigenvalue weighted by Crippen LogP contribution is 2.33. The summed E-state index contributed by atoms with van der Waals surface area (Å²) in [7, 11) is 0. The molecule has 3 rings (SSSR count). The number of amides is 1. The minimum absolute atomic E-state index is 0.00651. The molecule has 0 saturated carbocycles. The predicted molar refractivity (Wildman–Crippen MR) is 95.8 cm³/mol. The highest BCUT2D eigenvalue weighted by atomic mass is 79.9. The van der Waals surface area contributed by atoms with Crippen molar-refractivity contribution in [1.82, 2.24) is 10.2 Å². The monoisotopic (exact) mass is 408 g/mol. The number of likely N-dealkylation sites (tertiary alicyclic amines) is 1. The largest absolute Gasteiger partial charge is 0.350 e. The molecule has 1 N–H and O–H groups in total. The van der Waals surface area contributed by atoms with Gasteiger partial charge >= 0.3 is 0 Å². The Balaban J connectivity index is 1.67. The van der Waals surface area contributed by atoms with Crippen LogP contribution in [0.4, 0.5) is 8.78 Å². The number of carbonyl (C=O) groups excluding carboxylic acids is 1. The lowest BCUT2D eigenvalue weighted by atomic mass is 9.85. The van der Waals surface area contributed by atoms with Crippen molar-refractivity contribution < 1.29 is 13.6 Å². The first-order valence-electron chi connectivity index (χ1n) is 8.11. The third kappa shape index (κ3) is 3.60. The fourth-order valence-electron chi connectivity index (χ4n) is 3.00. The van der Waals surface area contributed by atoms with E-state index in [0.29, 0.717) is 19.5 Å². The van der Waals surface area contributed by atoms with Gasteiger partial charge in [0.1, 0.15) is 11.6 Å². The fourth-order valence-corrected chi connectivity index (χ4v) is 3.42. The molecular formula is C19H19BrF2N2O. The topological polar surface area (TPSA) is 32.3 Å². The Morgan fingerprint density at radius 1 is 1.20 bits per heavy atom. The molecule has 0 aromatic heterocycles. The van der Waals surface area contributed by atoms with Gasteiger partial charge in [-0.25, -0.2) is 8.78 Å². The van der Waals surface area contributed by atoms with E-state index in [1.165, 1.54) is 18.2 Å². The zero-order chi connectivity index (χ0) is 18.0. The Morgan fingerprint density at radius 2 is 1.88 bits per heavy atom. The van der Waals surface area contributed by atoms with Crippen molar-refractivity contribution >= 4 is 21.8 Å². The Morgan fingerprint density at radius 3 is 2.48 bits per heavy atom. The SMILES string of the molecule is CC1(C(=O)NCc2ccccc2Br)CCN1Cc1c(F)cccc1F. The van der Waals surface area contributed by atoms with E-state index in [-0.39, 0.29) is 18.0 Å². The third-order valence-corrected chi connectivity index (χ3v) is 5.64. The molecule has 0 spiro atoms. The van der Waals surface area contributed by atoms with Crippen LogP contribution in [0.3, 0.4) is 0 Å². The van der Waals surface area contributed by atoms with Crippen LogP contribution in [0.15, 0.2) is 46.9 Å². The van der Waals surface area contributed by atoms with Crippen molar-refractivity contribution in [2.45, 2.75) is 32.0 Å². The van der Waals surface area contributed by atoms with Gasteiger partial charge in [0.05, 0.1) is 5.54 Å². The van der Waals surface area contributed by atoms with Crippen molar-refractivity contribution in [3.63, 3.8) is 0 Å². The number of hydrogen-bond acceptors (Lipinski definition) is 2. The van der Waals surface area contributed by atoms with E-state index in [1.54, 1.807) is 0 Å². The van der Waals surface area contributed by atoms with Crippen LogP contribution >= 0.6 is 15.9 Å². The van der Waals surface area contributed by atoms with Crippen LogP contribution in [0, 0.1) is 11.6 Å². The first kappa shape index (κ1) is 18.0. The summed E-state index contributed by atoms with van der Waals surface area (Å²) < 4.78 is 28.7. The lowest BCUT2D eigenvalue weighted by Gasteiger charge is -2.49. The van der Waals surface area contributed by atoms with Crippen molar-refractivity contribution in [2.24, 2.45) is 0 Å². The number of nitrogens with zero attached hydrogens (tertiary/aromatic N) is 1. The maximum Gasteiger partial charge on any atom is 0.240 e. The minimum atomic E-state index is -0.754. The molecule has 1 heterocycles. The summed E-state index contributed by atoms with van der Waals surface area (Å²) in [5.41, 5.74) is 0.230. The van der Waals surface area contributed by atoms with Crippen molar-refractivity contribution in [2.75, 3.05) is 6.54 Å². The Hall–Kier alpha value is -1.79. The van der Waals surface area contributed by atoms with Gasteiger partial charge in [-0.2, -0.15) is 0 Å². The molecule has 1 aliphatic rings. The van der Waals surface area contributed by atoms with Crippen molar-refractivity contribution in [1.29, 1.82) is 0 Å². The molecule has 2 aromatic rings. The second-order valence-electron chi connectivity index (χ2n) is 6.42. The van der Waals surface area contributed by atoms with E-state index in [0.717, 1.165) is 10.0 Å². The van der Waals surface area contributed by atoms with Gasteiger partial charge in [0.25, 0.3) is 0 Å². The van der Waals surface area contributed by atoms with Gasteiger partial charge in [0.2, 0.25) is 5.91 Å². The average molecular weight is 409 g/mol. The molecule has 1 atom stereocenters. The highest BCUT2D eigenvalue weighted by Gasteiger charge is 2.46. The smallest absolute Gasteiger partial charge is 0.240 e. The molecule has 0 aliphatic carbocycles. The van der Waals surface area contributed by atoms with Gasteiger partial charge < -0.3 is 5.32 Å². The molecule has 2 aromatic carbocycles. The van der Waals surface area contributed by atoms with E-state index in [1.807, 2.05) is 36.1 Å². The lowest BCUT2D eigenvalue weighted by Crippen LogP contribution is -2.65. The summed E-state index contributed by atoms with van der Waals surface area (Å²) in [5.74, 6) is -1.29. The molecule has 1 amide bonds. The molecule has 3 nitrogen and oxygen atoms in total. The quantitative estimate of drug-likeness (QED) is 0.810. The second kappa shape index (κ2) is 7.22. The van der Waals surface area contributed by atoms with Gasteiger partial charge in [-0.3, -0.25) is 9.69 Å². The van der Waals surface area contributed by atoms with Crippen LogP contribution < -0.4 is 5.32 Å². The molecule has 1 fully saturated rings. The highest BCUT2D eigenvalue weighted by molar-refractivity contribution is 9.10. The number of carbonyl (C=O) groups is 1. The summed E-state index contributed by atoms with van der Waals surface area (Å²) >= 11 is 3.45. The van der Waals surface area contributed by atoms with Crippen LogP contribution in [0.5, 0.6) is 0 Å². The normalized spacial score (nSPS) is 20.2. The van der Waals surface area contributed by atoms with Crippen LogP contribution in [-0.2, 0) is 17.9 Å². The van der Waals surface area contributed by atoms with E-state index in [4.69, 9.17) is 0 Å². The standard InChI is InChI=1S/C19H19BrF2N2O/c1-19(18(25)23-11-13-5-2-3-6-15(13)20)9-10-24(19)12-14-16(21)7-4-8-17(14)22/h2-8H,9-12H2,1H3,(H,23,25). The summed E-state index contributed by atoms with van der Waals surface area (Å²) in [6.07, 6.45) is 0.658. The van der Waals surface area contributed by atoms with Gasteiger partial charge in [0, 0.05) is 29.7 Å². The number of rotatable bonds is 5. The maximum absolute atomic E-state index is 13.9. The summed E-state index contributed by atoms with van der Waals surface area (Å²) in [6.45, 7) is 2.92. The molecule has 0 bridgehead atoms. The molecule has 1 unspecified atom stereocenters. The van der Waals surface area contributed by atoms with E-state index < -0.39 is 17.2 Å². The van der Waals surface area contributed by atoms with E-state index in [2.05, 4.69) is 21.2 Å². The number of benzene rings is 2. The maximum atomic E-state index is 13.9. The first-order valence-corrected chi connectivity index (χ1v) is 8.91. The van der Waals surface area contributed by atoms with Gasteiger partial charge in [-0.05, 0) is 37.1 Å². The van der Waals surface area contributed by atoms with Crippen LogP contribution in [0.25, 0.3) is 0 Å². The van der Waals surface area contributed by atoms with Gasteiger partial charge in [-0.15, -0.1) is 0 Å². The molecule has 1 saturated heterocycles. The van der Waals surface area contributed by atoms with Gasteiger partial charge in [0.15, 0.2) is 0 Å². The van der Waals surface area contributed by atoms with Crippen LogP contribution in [0.1, 0.15) is 24.5 Å². The molecular weight excluding hydrogens is 390 g/mol. The van der Waals surface area contributed by atoms with Crippen LogP contribution in [-0.4, -0.2) is 22.9 Å². The van der Waals surface area contributed by atoms with Gasteiger partial charge in [-0.1, -0.05) is 40.2 Å². The Bertz CT molecular complexity index is 778. The molecule has 0 radical (unpaired) electrons. The second-order valence-corrected chi connectivity index (χ2v) is 7.27. The summed E-state index contributed by atoms with van der Waals surface area (Å²) in [5, 5.41) is 2.93. The summed E-state index contributed by atoms with van der Waals surface area (Å²) in [4.78, 5) is 14.5. The molecule has 6 heteroatoms. The zero-order valence-corrected chi connectivity index (χ0v) is 15.4. The molecule has 132 valence electrons. The molecule has 25 heavy (non-hydrogen) atoms. The zero-order valence-electron chi connectivity index (χ0n) is 13.9. The Labute approximate surface area is 154 Å². The third-order valence-electron chi connectivity index (χ3n) is 4.86. The van der Waals surface area contributed by atoms with Crippen molar-refractivity contribution in [3.05, 3.63) is 69.7 Å². The number of halogens is 3. The van der Waals surface area contributed by atoms with E-state index in [9.17, 15) is 13.6 Å². The number of hydrogen-bond donors (Lipinski definition) is 1. The summed E-state index contributed by atoms with van der Waals surface area (Å²) in [6, 6.07) is 11.5. The lowest BCUT2D eigenvalue weighted by molar-refractivity contribution is -0.142. The van der Waals surface area contributed by atoms with Crippen molar-refractivity contribution in [3.8, 4) is 0 Å². The minimum Gasteiger partial charge on any atom is -0.350 e. The van der Waals surface area contributed by atoms with E-state index >= 15 is 0 Å². The van der Waals surface area contributed by atoms with Crippen LogP contribution in [0.2, 0.25) is 0 Å².